The molecular weight excluding hydrogens is 409 g/mol. The molecule has 2 amide bonds. The zero-order valence-electron chi connectivity index (χ0n) is 12.1. The number of benzene rings is 1. The molecule has 9 heteroatoms. The Morgan fingerprint density at radius 2 is 1.96 bits per heavy atom. The van der Waals surface area contributed by atoms with E-state index in [1.54, 1.807) is 16.8 Å². The first-order valence-corrected chi connectivity index (χ1v) is 8.48. The molecule has 2 rings (SSSR count). The second-order valence-electron chi connectivity index (χ2n) is 4.76. The standard InChI is InChI=1S/C15H12BrF3N2O2S/c16-12-2-1-10(7-11(12)15(17,18)19)21-13(22)3-5-20-14(23)9-4-6-24-8-9/h1-2,4,6-8H,3,5H2,(H,20,23)(H,21,22). The first-order valence-electron chi connectivity index (χ1n) is 6.74. The second kappa shape index (κ2) is 7.80. The lowest BCUT2D eigenvalue weighted by Crippen LogP contribution is -2.27. The van der Waals surface area contributed by atoms with Gasteiger partial charge in [0.05, 0.1) is 5.56 Å². The third kappa shape index (κ3) is 5.07. The van der Waals surface area contributed by atoms with Gasteiger partial charge in [-0.15, -0.1) is 0 Å². The molecule has 0 aliphatic rings. The minimum absolute atomic E-state index is 0.0414. The van der Waals surface area contributed by atoms with E-state index < -0.39 is 17.6 Å². The van der Waals surface area contributed by atoms with Gasteiger partial charge in [-0.1, -0.05) is 15.9 Å². The van der Waals surface area contributed by atoms with Crippen LogP contribution < -0.4 is 10.6 Å². The van der Waals surface area contributed by atoms with E-state index in [0.29, 0.717) is 5.56 Å². The Balaban J connectivity index is 1.87. The predicted octanol–water partition coefficient (Wildman–Crippen LogP) is 4.29. The molecule has 24 heavy (non-hydrogen) atoms. The predicted molar refractivity (Wildman–Crippen MR) is 89.0 cm³/mol. The maximum absolute atomic E-state index is 12.8. The fourth-order valence-corrected chi connectivity index (χ4v) is 2.94. The van der Waals surface area contributed by atoms with E-state index >= 15 is 0 Å². The number of nitrogens with one attached hydrogen (secondary N) is 2. The first kappa shape index (κ1) is 18.5. The zero-order chi connectivity index (χ0) is 17.7. The maximum Gasteiger partial charge on any atom is 0.417 e. The zero-order valence-corrected chi connectivity index (χ0v) is 14.5. The van der Waals surface area contributed by atoms with Gasteiger partial charge in [0.25, 0.3) is 5.91 Å². The Morgan fingerprint density at radius 1 is 1.21 bits per heavy atom. The van der Waals surface area contributed by atoms with Gasteiger partial charge in [-0.25, -0.2) is 0 Å². The largest absolute Gasteiger partial charge is 0.417 e. The Morgan fingerprint density at radius 3 is 2.58 bits per heavy atom. The Labute approximate surface area is 148 Å². The molecule has 0 atom stereocenters. The Bertz CT molecular complexity index is 733. The summed E-state index contributed by atoms with van der Waals surface area (Å²) < 4.78 is 38.3. The van der Waals surface area contributed by atoms with E-state index in [1.165, 1.54) is 23.5 Å². The van der Waals surface area contributed by atoms with Gasteiger partial charge in [0, 0.05) is 34.1 Å². The van der Waals surface area contributed by atoms with Crippen LogP contribution in [0.3, 0.4) is 0 Å². The van der Waals surface area contributed by atoms with Gasteiger partial charge in [0.2, 0.25) is 5.91 Å². The summed E-state index contributed by atoms with van der Waals surface area (Å²) in [6.07, 6.45) is -4.57. The van der Waals surface area contributed by atoms with Crippen LogP contribution in [0.2, 0.25) is 0 Å². The molecule has 0 bridgehead atoms. The van der Waals surface area contributed by atoms with E-state index in [-0.39, 0.29) is 29.0 Å². The van der Waals surface area contributed by atoms with Crippen molar-refractivity contribution in [2.24, 2.45) is 0 Å². The molecule has 4 nitrogen and oxygen atoms in total. The van der Waals surface area contributed by atoms with Crippen LogP contribution in [-0.2, 0) is 11.0 Å². The minimum atomic E-state index is -4.52. The molecule has 0 radical (unpaired) electrons. The number of carbonyl (C=O) groups excluding carboxylic acids is 2. The molecule has 0 saturated heterocycles. The summed E-state index contributed by atoms with van der Waals surface area (Å²) in [5, 5.41) is 8.38. The number of hydrogen-bond acceptors (Lipinski definition) is 3. The fraction of sp³-hybridized carbons (Fsp3) is 0.200. The van der Waals surface area contributed by atoms with Crippen LogP contribution in [-0.4, -0.2) is 18.4 Å². The highest BCUT2D eigenvalue weighted by atomic mass is 79.9. The van der Waals surface area contributed by atoms with Gasteiger partial charge in [0.15, 0.2) is 0 Å². The van der Waals surface area contributed by atoms with Gasteiger partial charge in [-0.3, -0.25) is 9.59 Å². The number of halogens is 4. The molecule has 2 N–H and O–H groups in total. The van der Waals surface area contributed by atoms with Crippen molar-refractivity contribution < 1.29 is 22.8 Å². The first-order chi connectivity index (χ1) is 11.3. The highest BCUT2D eigenvalue weighted by molar-refractivity contribution is 9.10. The van der Waals surface area contributed by atoms with E-state index in [2.05, 4.69) is 26.6 Å². The fourth-order valence-electron chi connectivity index (χ4n) is 1.83. The van der Waals surface area contributed by atoms with Crippen LogP contribution in [0.4, 0.5) is 18.9 Å². The van der Waals surface area contributed by atoms with Crippen LogP contribution in [0.1, 0.15) is 22.3 Å². The lowest BCUT2D eigenvalue weighted by atomic mass is 10.2. The molecule has 1 aromatic heterocycles. The second-order valence-corrected chi connectivity index (χ2v) is 6.39. The number of anilines is 1. The molecular formula is C15H12BrF3N2O2S. The monoisotopic (exact) mass is 420 g/mol. The lowest BCUT2D eigenvalue weighted by Gasteiger charge is -2.12. The topological polar surface area (TPSA) is 58.2 Å². The smallest absolute Gasteiger partial charge is 0.351 e. The molecule has 1 aromatic carbocycles. The van der Waals surface area contributed by atoms with Crippen LogP contribution in [0, 0.1) is 0 Å². The van der Waals surface area contributed by atoms with Gasteiger partial charge in [0.1, 0.15) is 0 Å². The van der Waals surface area contributed by atoms with Crippen molar-refractivity contribution in [3.63, 3.8) is 0 Å². The van der Waals surface area contributed by atoms with Crippen molar-refractivity contribution in [2.75, 3.05) is 11.9 Å². The summed E-state index contributed by atoms with van der Waals surface area (Å²) in [6, 6.07) is 5.09. The minimum Gasteiger partial charge on any atom is -0.351 e. The molecule has 2 aromatic rings. The molecule has 0 saturated carbocycles. The summed E-state index contributed by atoms with van der Waals surface area (Å²) in [5.74, 6) is -0.789. The van der Waals surface area contributed by atoms with Gasteiger partial charge in [-0.2, -0.15) is 24.5 Å². The molecule has 0 aliphatic heterocycles. The molecule has 0 unspecified atom stereocenters. The highest BCUT2D eigenvalue weighted by Gasteiger charge is 2.33. The van der Waals surface area contributed by atoms with Crippen LogP contribution >= 0.6 is 27.3 Å². The third-order valence-corrected chi connectivity index (χ3v) is 4.35. The number of rotatable bonds is 5. The third-order valence-electron chi connectivity index (χ3n) is 2.98. The number of carbonyl (C=O) groups is 2. The van der Waals surface area contributed by atoms with E-state index in [9.17, 15) is 22.8 Å². The summed E-state index contributed by atoms with van der Waals surface area (Å²) in [7, 11) is 0. The van der Waals surface area contributed by atoms with E-state index in [0.717, 1.165) is 6.07 Å². The van der Waals surface area contributed by atoms with Crippen LogP contribution in [0.25, 0.3) is 0 Å². The molecule has 1 heterocycles. The van der Waals surface area contributed by atoms with Crippen molar-refractivity contribution in [1.29, 1.82) is 0 Å². The SMILES string of the molecule is O=C(CCNC(=O)c1ccsc1)Nc1ccc(Br)c(C(F)(F)F)c1. The Kier molecular flexibility index (Phi) is 6.00. The average Bonchev–Trinajstić information content (AvgIpc) is 3.02. The van der Waals surface area contributed by atoms with Gasteiger partial charge < -0.3 is 10.6 Å². The molecule has 128 valence electrons. The average molecular weight is 421 g/mol. The van der Waals surface area contributed by atoms with Crippen molar-refractivity contribution in [2.45, 2.75) is 12.6 Å². The van der Waals surface area contributed by atoms with Crippen molar-refractivity contribution in [3.8, 4) is 0 Å². The highest BCUT2D eigenvalue weighted by Crippen LogP contribution is 2.36. The maximum atomic E-state index is 12.8. The van der Waals surface area contributed by atoms with Crippen molar-refractivity contribution in [1.82, 2.24) is 5.32 Å². The summed E-state index contributed by atoms with van der Waals surface area (Å²) in [5.41, 5.74) is -0.325. The summed E-state index contributed by atoms with van der Waals surface area (Å²) in [6.45, 7) is 0.0865. The Hall–Kier alpha value is -1.87. The van der Waals surface area contributed by atoms with E-state index in [1.807, 2.05) is 0 Å². The van der Waals surface area contributed by atoms with Gasteiger partial charge >= 0.3 is 6.18 Å². The van der Waals surface area contributed by atoms with Crippen molar-refractivity contribution in [3.05, 3.63) is 50.6 Å². The molecule has 0 aliphatic carbocycles. The van der Waals surface area contributed by atoms with Crippen LogP contribution in [0.5, 0.6) is 0 Å². The number of hydrogen-bond donors (Lipinski definition) is 2. The quantitative estimate of drug-likeness (QED) is 0.757. The van der Waals surface area contributed by atoms with Gasteiger partial charge in [-0.05, 0) is 29.6 Å². The number of thiophene rings is 1. The summed E-state index contributed by atoms with van der Waals surface area (Å²) in [4.78, 5) is 23.4. The molecule has 0 spiro atoms. The number of alkyl halides is 3. The molecule has 0 fully saturated rings. The lowest BCUT2D eigenvalue weighted by molar-refractivity contribution is -0.138. The number of amides is 2. The summed E-state index contributed by atoms with van der Waals surface area (Å²) >= 11 is 4.21. The normalized spacial score (nSPS) is 11.2. The van der Waals surface area contributed by atoms with E-state index in [4.69, 9.17) is 0 Å². The van der Waals surface area contributed by atoms with Crippen molar-refractivity contribution >= 4 is 44.8 Å². The van der Waals surface area contributed by atoms with Crippen LogP contribution in [0.15, 0.2) is 39.5 Å².